The summed E-state index contributed by atoms with van der Waals surface area (Å²) in [5, 5.41) is 0. The molecular weight excluding hydrogens is 328 g/mol. The van der Waals surface area contributed by atoms with E-state index >= 15 is 0 Å². The third-order valence-electron chi connectivity index (χ3n) is 3.64. The van der Waals surface area contributed by atoms with Gasteiger partial charge in [0.2, 0.25) is 0 Å². The number of carbonyl (C=O) groups excluding carboxylic acids is 2. The van der Waals surface area contributed by atoms with E-state index in [0.29, 0.717) is 5.75 Å². The highest BCUT2D eigenvalue weighted by atomic mass is 16.5. The second-order valence-electron chi connectivity index (χ2n) is 6.84. The Balaban J connectivity index is 1.73. The van der Waals surface area contributed by atoms with Gasteiger partial charge in [-0.25, -0.2) is 0 Å². The van der Waals surface area contributed by atoms with Crippen molar-refractivity contribution in [3.8, 4) is 5.75 Å². The van der Waals surface area contributed by atoms with E-state index in [-0.39, 0.29) is 12.0 Å². The molecule has 2 rings (SSSR count). The van der Waals surface area contributed by atoms with Gasteiger partial charge in [-0.05, 0) is 34.8 Å². The van der Waals surface area contributed by atoms with Gasteiger partial charge in [-0.1, -0.05) is 63.2 Å². The lowest BCUT2D eigenvalue weighted by atomic mass is 9.87. The summed E-state index contributed by atoms with van der Waals surface area (Å²) < 4.78 is 5.42. The first-order valence-corrected chi connectivity index (χ1v) is 8.40. The molecule has 0 radical (unpaired) electrons. The molecule has 0 heterocycles. The Morgan fingerprint density at radius 3 is 2.23 bits per heavy atom. The molecule has 0 aliphatic rings. The van der Waals surface area contributed by atoms with Crippen molar-refractivity contribution in [2.75, 3.05) is 6.61 Å². The van der Waals surface area contributed by atoms with Crippen LogP contribution in [0.4, 0.5) is 0 Å². The third kappa shape index (κ3) is 6.43. The van der Waals surface area contributed by atoms with Crippen LogP contribution < -0.4 is 15.6 Å². The predicted molar refractivity (Wildman–Crippen MR) is 102 cm³/mol. The number of ether oxygens (including phenoxy) is 1. The lowest BCUT2D eigenvalue weighted by Crippen LogP contribution is -2.43. The molecule has 0 bridgehead atoms. The molecule has 0 aliphatic heterocycles. The molecule has 0 saturated heterocycles. The molecule has 136 valence electrons. The van der Waals surface area contributed by atoms with Crippen LogP contribution in [-0.4, -0.2) is 18.4 Å². The molecule has 0 atom stereocenters. The SMILES string of the molecule is CC(C)(C)c1ccc(OCC(=O)NNC(=O)C=Cc2ccccc2)cc1. The summed E-state index contributed by atoms with van der Waals surface area (Å²) >= 11 is 0. The van der Waals surface area contributed by atoms with Gasteiger partial charge in [0.05, 0.1) is 0 Å². The lowest BCUT2D eigenvalue weighted by Gasteiger charge is -2.19. The fourth-order valence-electron chi connectivity index (χ4n) is 2.15. The van der Waals surface area contributed by atoms with Crippen LogP contribution in [-0.2, 0) is 15.0 Å². The monoisotopic (exact) mass is 352 g/mol. The zero-order chi connectivity index (χ0) is 19.0. The first-order valence-electron chi connectivity index (χ1n) is 8.40. The highest BCUT2D eigenvalue weighted by Gasteiger charge is 2.13. The van der Waals surface area contributed by atoms with Crippen LogP contribution in [0.15, 0.2) is 60.7 Å². The molecule has 26 heavy (non-hydrogen) atoms. The van der Waals surface area contributed by atoms with E-state index in [2.05, 4.69) is 31.6 Å². The summed E-state index contributed by atoms with van der Waals surface area (Å²) in [6.07, 6.45) is 3.01. The number of rotatable bonds is 5. The number of nitrogens with one attached hydrogen (secondary N) is 2. The molecule has 0 aliphatic carbocycles. The van der Waals surface area contributed by atoms with E-state index in [4.69, 9.17) is 4.74 Å². The molecule has 0 spiro atoms. The number of hydrogen-bond donors (Lipinski definition) is 2. The Morgan fingerprint density at radius 1 is 0.962 bits per heavy atom. The van der Waals surface area contributed by atoms with Gasteiger partial charge in [0.1, 0.15) is 5.75 Å². The van der Waals surface area contributed by atoms with Crippen LogP contribution in [0.5, 0.6) is 5.75 Å². The zero-order valence-corrected chi connectivity index (χ0v) is 15.3. The Bertz CT molecular complexity index is 760. The minimum atomic E-state index is -0.439. The standard InChI is InChI=1S/C21H24N2O3/c1-21(2,3)17-10-12-18(13-11-17)26-15-20(25)23-22-19(24)14-9-16-7-5-4-6-8-16/h4-14H,15H2,1-3H3,(H,22,24)(H,23,25). The molecule has 2 N–H and O–H groups in total. The Hall–Kier alpha value is -3.08. The summed E-state index contributed by atoms with van der Waals surface area (Å²) in [4.78, 5) is 23.4. The van der Waals surface area contributed by atoms with E-state index in [1.165, 1.54) is 11.6 Å². The minimum Gasteiger partial charge on any atom is -0.484 e. The molecule has 0 aromatic heterocycles. The van der Waals surface area contributed by atoms with Crippen LogP contribution in [0.25, 0.3) is 6.08 Å². The molecule has 0 saturated carbocycles. The van der Waals surface area contributed by atoms with Crippen molar-refractivity contribution in [1.29, 1.82) is 0 Å². The van der Waals surface area contributed by atoms with Crippen molar-refractivity contribution in [3.63, 3.8) is 0 Å². The minimum absolute atomic E-state index is 0.0630. The van der Waals surface area contributed by atoms with Crippen LogP contribution in [0, 0.1) is 0 Å². The quantitative estimate of drug-likeness (QED) is 0.641. The molecule has 5 heteroatoms. The third-order valence-corrected chi connectivity index (χ3v) is 3.64. The number of carbonyl (C=O) groups is 2. The Labute approximate surface area is 154 Å². The van der Waals surface area contributed by atoms with Gasteiger partial charge < -0.3 is 4.74 Å². The van der Waals surface area contributed by atoms with Crippen LogP contribution in [0.1, 0.15) is 31.9 Å². The molecule has 0 unspecified atom stereocenters. The molecule has 2 aromatic carbocycles. The average Bonchev–Trinajstić information content (AvgIpc) is 2.63. The van der Waals surface area contributed by atoms with Crippen LogP contribution >= 0.6 is 0 Å². The maximum atomic E-state index is 11.7. The average molecular weight is 352 g/mol. The fraction of sp³-hybridized carbons (Fsp3) is 0.238. The van der Waals surface area contributed by atoms with Crippen molar-refractivity contribution in [2.24, 2.45) is 0 Å². The van der Waals surface area contributed by atoms with Gasteiger partial charge in [0.25, 0.3) is 11.8 Å². The van der Waals surface area contributed by atoms with Crippen molar-refractivity contribution in [1.82, 2.24) is 10.9 Å². The van der Waals surface area contributed by atoms with E-state index in [9.17, 15) is 9.59 Å². The fourth-order valence-corrected chi connectivity index (χ4v) is 2.15. The van der Waals surface area contributed by atoms with Crippen molar-refractivity contribution in [3.05, 3.63) is 71.8 Å². The first kappa shape index (κ1) is 19.2. The first-order chi connectivity index (χ1) is 12.3. The van der Waals surface area contributed by atoms with E-state index in [1.54, 1.807) is 6.08 Å². The summed E-state index contributed by atoms with van der Waals surface area (Å²) in [6.45, 7) is 6.21. The second-order valence-corrected chi connectivity index (χ2v) is 6.84. The molecule has 0 fully saturated rings. The Kier molecular flexibility index (Phi) is 6.55. The highest BCUT2D eigenvalue weighted by Crippen LogP contribution is 2.24. The zero-order valence-electron chi connectivity index (χ0n) is 15.3. The molecule has 2 aromatic rings. The molecular formula is C21H24N2O3. The van der Waals surface area contributed by atoms with Gasteiger partial charge in [-0.3, -0.25) is 20.4 Å². The topological polar surface area (TPSA) is 67.4 Å². The van der Waals surface area contributed by atoms with Crippen molar-refractivity contribution < 1.29 is 14.3 Å². The summed E-state index contributed by atoms with van der Waals surface area (Å²) in [5.41, 5.74) is 6.77. The maximum absolute atomic E-state index is 11.7. The van der Waals surface area contributed by atoms with Crippen molar-refractivity contribution >= 4 is 17.9 Å². The van der Waals surface area contributed by atoms with Crippen molar-refractivity contribution in [2.45, 2.75) is 26.2 Å². The van der Waals surface area contributed by atoms with E-state index in [1.807, 2.05) is 54.6 Å². The lowest BCUT2D eigenvalue weighted by molar-refractivity contribution is -0.128. The van der Waals surface area contributed by atoms with Gasteiger partial charge in [-0.2, -0.15) is 0 Å². The summed E-state index contributed by atoms with van der Waals surface area (Å²) in [6, 6.07) is 17.0. The van der Waals surface area contributed by atoms with E-state index in [0.717, 1.165) is 5.56 Å². The smallest absolute Gasteiger partial charge is 0.276 e. The normalized spacial score (nSPS) is 11.2. The van der Waals surface area contributed by atoms with Gasteiger partial charge >= 0.3 is 0 Å². The summed E-state index contributed by atoms with van der Waals surface area (Å²) in [5.74, 6) is -0.258. The largest absolute Gasteiger partial charge is 0.484 e. The van der Waals surface area contributed by atoms with Crippen LogP contribution in [0.2, 0.25) is 0 Å². The van der Waals surface area contributed by atoms with Crippen LogP contribution in [0.3, 0.4) is 0 Å². The summed E-state index contributed by atoms with van der Waals surface area (Å²) in [7, 11) is 0. The van der Waals surface area contributed by atoms with Gasteiger partial charge in [0.15, 0.2) is 6.61 Å². The number of hydrogen-bond acceptors (Lipinski definition) is 3. The number of hydrazine groups is 1. The molecule has 2 amide bonds. The molecule has 5 nitrogen and oxygen atoms in total. The van der Waals surface area contributed by atoms with Gasteiger partial charge in [0, 0.05) is 6.08 Å². The highest BCUT2D eigenvalue weighted by molar-refractivity contribution is 5.93. The maximum Gasteiger partial charge on any atom is 0.276 e. The predicted octanol–water partition coefficient (Wildman–Crippen LogP) is 3.22. The second kappa shape index (κ2) is 8.85. The van der Waals surface area contributed by atoms with Gasteiger partial charge in [-0.15, -0.1) is 0 Å². The number of benzene rings is 2. The number of amides is 2. The van der Waals surface area contributed by atoms with E-state index < -0.39 is 11.8 Å². The Morgan fingerprint density at radius 2 is 1.62 bits per heavy atom.